The molecular formula is C27H31Cl2N3O. The third-order valence-corrected chi connectivity index (χ3v) is 7.85. The van der Waals surface area contributed by atoms with Gasteiger partial charge >= 0.3 is 0 Å². The summed E-state index contributed by atoms with van der Waals surface area (Å²) in [4.78, 5) is 8.37. The Morgan fingerprint density at radius 3 is 2.67 bits per heavy atom. The van der Waals surface area contributed by atoms with E-state index in [1.807, 2.05) is 12.1 Å². The number of aliphatic hydroxyl groups is 1. The summed E-state index contributed by atoms with van der Waals surface area (Å²) >= 11 is 12.5. The van der Waals surface area contributed by atoms with Crippen molar-refractivity contribution in [3.05, 3.63) is 75.9 Å². The van der Waals surface area contributed by atoms with Crippen molar-refractivity contribution in [2.24, 2.45) is 0 Å². The van der Waals surface area contributed by atoms with E-state index in [1.54, 1.807) is 0 Å². The van der Waals surface area contributed by atoms with E-state index in [0.717, 1.165) is 44.5 Å². The van der Waals surface area contributed by atoms with Crippen LogP contribution in [0.15, 0.2) is 54.6 Å². The molecule has 1 aromatic heterocycles. The number of nitrogens with one attached hydrogen (secondary N) is 1. The molecule has 6 rings (SSSR count). The van der Waals surface area contributed by atoms with Crippen LogP contribution >= 0.6 is 23.2 Å². The molecule has 3 atom stereocenters. The van der Waals surface area contributed by atoms with E-state index in [1.165, 1.54) is 22.2 Å². The number of nitrogens with zero attached hydrogens (tertiary/aromatic N) is 2. The number of hydrogen-bond donors (Lipinski definition) is 2. The van der Waals surface area contributed by atoms with E-state index >= 15 is 0 Å². The molecule has 0 radical (unpaired) electrons. The van der Waals surface area contributed by atoms with Crippen LogP contribution in [-0.4, -0.2) is 52.8 Å². The summed E-state index contributed by atoms with van der Waals surface area (Å²) in [5.41, 5.74) is 4.78. The number of aromatic nitrogens is 1. The fourth-order valence-electron chi connectivity index (χ4n) is 5.41. The molecule has 1 saturated heterocycles. The third-order valence-electron chi connectivity index (χ3n) is 7.11. The molecule has 3 aliphatic heterocycles. The maximum Gasteiger partial charge on any atom is 0.0670 e. The number of piperazine rings is 1. The highest BCUT2D eigenvalue weighted by atomic mass is 35.5. The van der Waals surface area contributed by atoms with Crippen molar-refractivity contribution in [1.29, 1.82) is 0 Å². The maximum absolute atomic E-state index is 11.0. The zero-order chi connectivity index (χ0) is 22.9. The molecule has 4 heterocycles. The SMILES string of the molecule is Cc1cc2c(CCC(O)CN3CC4CC=CCC3CN4c3ccc(Cl)c(Cl)c3)cccc2[nH]1. The van der Waals surface area contributed by atoms with Gasteiger partial charge in [0.1, 0.15) is 0 Å². The Morgan fingerprint density at radius 1 is 1.03 bits per heavy atom. The quantitative estimate of drug-likeness (QED) is 0.423. The second-order valence-electron chi connectivity index (χ2n) is 9.48. The van der Waals surface area contributed by atoms with Crippen LogP contribution in [0.2, 0.25) is 10.0 Å². The summed E-state index contributed by atoms with van der Waals surface area (Å²) < 4.78 is 0. The third kappa shape index (κ3) is 4.95. The lowest BCUT2D eigenvalue weighted by molar-refractivity contribution is 0.0641. The number of rotatable bonds is 6. The largest absolute Gasteiger partial charge is 0.392 e. The zero-order valence-electron chi connectivity index (χ0n) is 19.0. The Balaban J connectivity index is 1.25. The van der Waals surface area contributed by atoms with Crippen LogP contribution in [0.3, 0.4) is 0 Å². The maximum atomic E-state index is 11.0. The fraction of sp³-hybridized carbons (Fsp3) is 0.407. The number of fused-ring (bicyclic) bond motifs is 5. The van der Waals surface area contributed by atoms with E-state index in [9.17, 15) is 5.11 Å². The van der Waals surface area contributed by atoms with Crippen molar-refractivity contribution in [1.82, 2.24) is 9.88 Å². The van der Waals surface area contributed by atoms with Gasteiger partial charge in [0, 0.05) is 54.0 Å². The molecule has 3 aromatic rings. The van der Waals surface area contributed by atoms with Gasteiger partial charge in [-0.15, -0.1) is 0 Å². The van der Waals surface area contributed by atoms with E-state index in [-0.39, 0.29) is 6.10 Å². The number of aromatic amines is 1. The van der Waals surface area contributed by atoms with E-state index in [2.05, 4.69) is 64.2 Å². The Labute approximate surface area is 205 Å². The van der Waals surface area contributed by atoms with Crippen molar-refractivity contribution in [3.8, 4) is 0 Å². The zero-order valence-corrected chi connectivity index (χ0v) is 20.5. The molecule has 174 valence electrons. The van der Waals surface area contributed by atoms with Crippen molar-refractivity contribution >= 4 is 39.8 Å². The van der Waals surface area contributed by atoms with Crippen LogP contribution in [-0.2, 0) is 6.42 Å². The Bertz CT molecular complexity index is 1160. The highest BCUT2D eigenvalue weighted by Gasteiger charge is 2.35. The van der Waals surface area contributed by atoms with Crippen molar-refractivity contribution in [3.63, 3.8) is 0 Å². The molecule has 0 spiro atoms. The van der Waals surface area contributed by atoms with Crippen molar-refractivity contribution in [2.45, 2.75) is 50.8 Å². The van der Waals surface area contributed by atoms with Gasteiger partial charge in [-0.2, -0.15) is 0 Å². The number of hydrogen-bond acceptors (Lipinski definition) is 3. The van der Waals surface area contributed by atoms with Crippen molar-refractivity contribution < 1.29 is 5.11 Å². The first-order chi connectivity index (χ1) is 16.0. The van der Waals surface area contributed by atoms with Crippen LogP contribution in [0.1, 0.15) is 30.5 Å². The summed E-state index contributed by atoms with van der Waals surface area (Å²) in [6, 6.07) is 15.3. The lowest BCUT2D eigenvalue weighted by atomic mass is 9.95. The molecule has 1 fully saturated rings. The fourth-order valence-corrected chi connectivity index (χ4v) is 5.70. The predicted octanol–water partition coefficient (Wildman–Crippen LogP) is 5.99. The number of anilines is 1. The number of H-pyrrole nitrogens is 1. The Kier molecular flexibility index (Phi) is 6.71. The molecule has 3 unspecified atom stereocenters. The minimum atomic E-state index is -0.344. The van der Waals surface area contributed by atoms with Gasteiger partial charge in [0.15, 0.2) is 0 Å². The molecular weight excluding hydrogens is 453 g/mol. The monoisotopic (exact) mass is 483 g/mol. The van der Waals surface area contributed by atoms with Gasteiger partial charge in [-0.25, -0.2) is 0 Å². The van der Waals surface area contributed by atoms with Crippen LogP contribution in [0.25, 0.3) is 10.9 Å². The first-order valence-electron chi connectivity index (χ1n) is 11.8. The Hall–Kier alpha value is -1.98. The van der Waals surface area contributed by atoms with Gasteiger partial charge < -0.3 is 15.0 Å². The molecule has 2 aromatic carbocycles. The summed E-state index contributed by atoms with van der Waals surface area (Å²) in [6.45, 7) is 4.68. The summed E-state index contributed by atoms with van der Waals surface area (Å²) in [5.74, 6) is 0. The lowest BCUT2D eigenvalue weighted by Crippen LogP contribution is -2.60. The molecule has 0 aliphatic carbocycles. The molecule has 6 heteroatoms. The average molecular weight is 484 g/mol. The second-order valence-corrected chi connectivity index (χ2v) is 10.3. The Morgan fingerprint density at radius 2 is 1.85 bits per heavy atom. The second kappa shape index (κ2) is 9.71. The molecule has 0 saturated carbocycles. The van der Waals surface area contributed by atoms with Crippen LogP contribution in [0.5, 0.6) is 0 Å². The first-order valence-corrected chi connectivity index (χ1v) is 12.6. The molecule has 2 bridgehead atoms. The van der Waals surface area contributed by atoms with Gasteiger partial charge in [-0.1, -0.05) is 47.5 Å². The number of aryl methyl sites for hydroxylation is 2. The molecule has 4 nitrogen and oxygen atoms in total. The molecule has 2 N–H and O–H groups in total. The average Bonchev–Trinajstić information content (AvgIpc) is 3.16. The lowest BCUT2D eigenvalue weighted by Gasteiger charge is -2.49. The minimum absolute atomic E-state index is 0.344. The summed E-state index contributed by atoms with van der Waals surface area (Å²) in [6.07, 6.45) is 7.90. The van der Waals surface area contributed by atoms with E-state index in [0.29, 0.717) is 28.7 Å². The highest BCUT2D eigenvalue weighted by Crippen LogP contribution is 2.33. The minimum Gasteiger partial charge on any atom is -0.392 e. The molecule has 33 heavy (non-hydrogen) atoms. The first kappa shape index (κ1) is 22.8. The van der Waals surface area contributed by atoms with Gasteiger partial charge in [-0.3, -0.25) is 4.90 Å². The molecule has 3 aliphatic rings. The van der Waals surface area contributed by atoms with Gasteiger partial charge in [0.05, 0.1) is 16.1 Å². The predicted molar refractivity (Wildman–Crippen MR) is 139 cm³/mol. The topological polar surface area (TPSA) is 42.5 Å². The molecule has 0 amide bonds. The van der Waals surface area contributed by atoms with Gasteiger partial charge in [0.25, 0.3) is 0 Å². The van der Waals surface area contributed by atoms with Gasteiger partial charge in [-0.05, 0) is 68.5 Å². The highest BCUT2D eigenvalue weighted by molar-refractivity contribution is 6.42. The number of aliphatic hydroxyl groups excluding tert-OH is 1. The standard InChI is InChI=1S/C27H31Cl2N3O/c1-18-13-24-19(5-4-8-27(24)30-18)9-11-23(33)17-31-15-22-7-3-2-6-21(31)16-32(22)20-10-12-25(28)26(29)14-20/h2-5,8,10,12-14,21-23,30,33H,6-7,9,11,15-17H2,1H3. The van der Waals surface area contributed by atoms with Crippen molar-refractivity contribution in [2.75, 3.05) is 24.5 Å². The van der Waals surface area contributed by atoms with E-state index in [4.69, 9.17) is 23.2 Å². The smallest absolute Gasteiger partial charge is 0.0670 e. The van der Waals surface area contributed by atoms with Crippen LogP contribution < -0.4 is 4.90 Å². The van der Waals surface area contributed by atoms with Crippen LogP contribution in [0.4, 0.5) is 5.69 Å². The van der Waals surface area contributed by atoms with E-state index < -0.39 is 0 Å². The normalized spacial score (nSPS) is 22.0. The van der Waals surface area contributed by atoms with Crippen LogP contribution in [0, 0.1) is 6.92 Å². The number of halogens is 2. The summed E-state index contributed by atoms with van der Waals surface area (Å²) in [7, 11) is 0. The number of benzene rings is 2. The van der Waals surface area contributed by atoms with Gasteiger partial charge in [0.2, 0.25) is 0 Å². The summed E-state index contributed by atoms with van der Waals surface area (Å²) in [5, 5.41) is 13.4.